The Morgan fingerprint density at radius 1 is 1.32 bits per heavy atom. The Morgan fingerprint density at radius 3 is 2.84 bits per heavy atom. The molecule has 1 aromatic heterocycles. The number of ether oxygens (including phenoxy) is 1. The molecular weight excluding hydrogens is 258 g/mol. The summed E-state index contributed by atoms with van der Waals surface area (Å²) in [6.07, 6.45) is 0.874. The summed E-state index contributed by atoms with van der Waals surface area (Å²) >= 11 is 1.54. The number of thiazole rings is 1. The molecule has 0 atom stereocenters. The molecule has 1 heterocycles. The molecule has 1 aromatic carbocycles. The molecule has 0 N–H and O–H groups in total. The minimum Gasteiger partial charge on any atom is -0.381 e. The van der Waals surface area contributed by atoms with Gasteiger partial charge in [0.1, 0.15) is 10.8 Å². The van der Waals surface area contributed by atoms with Crippen LogP contribution >= 0.6 is 11.3 Å². The summed E-state index contributed by atoms with van der Waals surface area (Å²) in [5, 5.41) is 2.88. The molecule has 0 aliphatic heterocycles. The van der Waals surface area contributed by atoms with Gasteiger partial charge in [-0.15, -0.1) is 11.3 Å². The molecule has 100 valence electrons. The first-order chi connectivity index (χ1) is 9.29. The molecule has 2 rings (SSSR count). The van der Waals surface area contributed by atoms with Crippen molar-refractivity contribution in [1.29, 1.82) is 0 Å². The van der Waals surface area contributed by atoms with Crippen LogP contribution in [0.2, 0.25) is 0 Å². The molecule has 4 heteroatoms. The van der Waals surface area contributed by atoms with Gasteiger partial charge in [0, 0.05) is 24.0 Å². The second-order valence-corrected chi connectivity index (χ2v) is 5.10. The number of benzene rings is 1. The number of Topliss-reactive ketones (excluding diaryl/α,β-unsaturated/α-hetero) is 1. The predicted molar refractivity (Wildman–Crippen MR) is 77.4 cm³/mol. The van der Waals surface area contributed by atoms with Crippen molar-refractivity contribution >= 4 is 17.1 Å². The van der Waals surface area contributed by atoms with Crippen LogP contribution in [0.25, 0.3) is 11.3 Å². The van der Waals surface area contributed by atoms with Crippen LogP contribution in [0.5, 0.6) is 0 Å². The molecule has 19 heavy (non-hydrogen) atoms. The topological polar surface area (TPSA) is 39.2 Å². The first-order valence-electron chi connectivity index (χ1n) is 6.39. The van der Waals surface area contributed by atoms with Crippen LogP contribution in [0, 0.1) is 0 Å². The zero-order valence-electron chi connectivity index (χ0n) is 11.0. The van der Waals surface area contributed by atoms with Gasteiger partial charge in [0.05, 0.1) is 18.7 Å². The van der Waals surface area contributed by atoms with Crippen molar-refractivity contribution in [3.8, 4) is 11.3 Å². The van der Waals surface area contributed by atoms with Crippen LogP contribution < -0.4 is 0 Å². The van der Waals surface area contributed by atoms with Crippen molar-refractivity contribution in [2.24, 2.45) is 0 Å². The highest BCUT2D eigenvalue weighted by Crippen LogP contribution is 2.21. The summed E-state index contributed by atoms with van der Waals surface area (Å²) in [6.45, 7) is 3.09. The highest BCUT2D eigenvalue weighted by atomic mass is 32.1. The zero-order valence-corrected chi connectivity index (χ0v) is 11.8. The van der Waals surface area contributed by atoms with E-state index in [0.29, 0.717) is 26.1 Å². The Kier molecular flexibility index (Phi) is 5.24. The van der Waals surface area contributed by atoms with Gasteiger partial charge in [0.2, 0.25) is 0 Å². The third-order valence-electron chi connectivity index (χ3n) is 2.70. The van der Waals surface area contributed by atoms with E-state index in [0.717, 1.165) is 16.3 Å². The van der Waals surface area contributed by atoms with Crippen LogP contribution in [-0.2, 0) is 16.0 Å². The van der Waals surface area contributed by atoms with Gasteiger partial charge in [0.15, 0.2) is 0 Å². The number of hydrogen-bond donors (Lipinski definition) is 0. The maximum absolute atomic E-state index is 11.7. The first-order valence-corrected chi connectivity index (χ1v) is 7.27. The molecule has 0 aliphatic rings. The lowest BCUT2D eigenvalue weighted by molar-refractivity contribution is -0.119. The van der Waals surface area contributed by atoms with Gasteiger partial charge < -0.3 is 4.74 Å². The summed E-state index contributed by atoms with van der Waals surface area (Å²) in [5.41, 5.74) is 2.03. The lowest BCUT2D eigenvalue weighted by Gasteiger charge is -1.99. The number of nitrogens with zero attached hydrogens (tertiary/aromatic N) is 1. The summed E-state index contributed by atoms with van der Waals surface area (Å²) in [4.78, 5) is 16.2. The van der Waals surface area contributed by atoms with E-state index in [1.54, 1.807) is 0 Å². The monoisotopic (exact) mass is 275 g/mol. The Labute approximate surface area is 117 Å². The van der Waals surface area contributed by atoms with E-state index in [1.807, 2.05) is 42.6 Å². The van der Waals surface area contributed by atoms with Gasteiger partial charge in [-0.05, 0) is 6.92 Å². The average Bonchev–Trinajstić information content (AvgIpc) is 2.88. The molecule has 0 saturated heterocycles. The van der Waals surface area contributed by atoms with E-state index in [2.05, 4.69) is 4.98 Å². The van der Waals surface area contributed by atoms with Gasteiger partial charge in [-0.1, -0.05) is 30.3 Å². The second-order valence-electron chi connectivity index (χ2n) is 4.15. The van der Waals surface area contributed by atoms with Gasteiger partial charge in [-0.3, -0.25) is 4.79 Å². The first kappa shape index (κ1) is 13.9. The predicted octanol–water partition coefficient (Wildman–Crippen LogP) is 3.35. The molecule has 0 amide bonds. The number of ketones is 1. The van der Waals surface area contributed by atoms with Crippen molar-refractivity contribution in [3.63, 3.8) is 0 Å². The maximum Gasteiger partial charge on any atom is 0.141 e. The van der Waals surface area contributed by atoms with E-state index >= 15 is 0 Å². The van der Waals surface area contributed by atoms with Gasteiger partial charge >= 0.3 is 0 Å². The summed E-state index contributed by atoms with van der Waals surface area (Å²) < 4.78 is 5.18. The fourth-order valence-electron chi connectivity index (χ4n) is 1.72. The van der Waals surface area contributed by atoms with E-state index in [9.17, 15) is 4.79 Å². The van der Waals surface area contributed by atoms with E-state index in [1.165, 1.54) is 11.3 Å². The van der Waals surface area contributed by atoms with Crippen LogP contribution in [0.15, 0.2) is 35.7 Å². The Bertz CT molecular complexity index is 522. The smallest absolute Gasteiger partial charge is 0.141 e. The van der Waals surface area contributed by atoms with E-state index < -0.39 is 0 Å². The molecule has 3 nitrogen and oxygen atoms in total. The number of carbonyl (C=O) groups excluding carboxylic acids is 1. The summed E-state index contributed by atoms with van der Waals surface area (Å²) in [7, 11) is 0. The van der Waals surface area contributed by atoms with Crippen molar-refractivity contribution in [3.05, 3.63) is 40.7 Å². The van der Waals surface area contributed by atoms with Crippen LogP contribution in [-0.4, -0.2) is 24.0 Å². The fourth-order valence-corrected chi connectivity index (χ4v) is 2.55. The van der Waals surface area contributed by atoms with Gasteiger partial charge in [-0.2, -0.15) is 0 Å². The summed E-state index contributed by atoms with van der Waals surface area (Å²) in [5.74, 6) is 0.183. The minimum atomic E-state index is 0.183. The standard InChI is InChI=1S/C15H17NO2S/c1-2-18-9-8-13(17)10-15-16-14(11-19-15)12-6-4-3-5-7-12/h3-7,11H,2,8-10H2,1H3. The normalized spacial score (nSPS) is 10.6. The van der Waals surface area contributed by atoms with Crippen molar-refractivity contribution in [2.45, 2.75) is 19.8 Å². The Balaban J connectivity index is 1.93. The number of carbonyl (C=O) groups is 1. The number of hydrogen-bond acceptors (Lipinski definition) is 4. The molecule has 0 fully saturated rings. The van der Waals surface area contributed by atoms with Crippen LogP contribution in [0.1, 0.15) is 18.4 Å². The Hall–Kier alpha value is -1.52. The molecule has 0 aliphatic carbocycles. The van der Waals surface area contributed by atoms with Crippen molar-refractivity contribution < 1.29 is 9.53 Å². The van der Waals surface area contributed by atoms with Gasteiger partial charge in [0.25, 0.3) is 0 Å². The SMILES string of the molecule is CCOCCC(=O)Cc1nc(-c2ccccc2)cs1. The molecule has 2 aromatic rings. The molecule has 0 bridgehead atoms. The zero-order chi connectivity index (χ0) is 13.5. The minimum absolute atomic E-state index is 0.183. The largest absolute Gasteiger partial charge is 0.381 e. The lowest BCUT2D eigenvalue weighted by Crippen LogP contribution is -2.07. The van der Waals surface area contributed by atoms with Crippen LogP contribution in [0.4, 0.5) is 0 Å². The average molecular weight is 275 g/mol. The third kappa shape index (κ3) is 4.26. The highest BCUT2D eigenvalue weighted by Gasteiger charge is 2.09. The van der Waals surface area contributed by atoms with Crippen LogP contribution in [0.3, 0.4) is 0 Å². The molecule has 0 radical (unpaired) electrons. The lowest BCUT2D eigenvalue weighted by atomic mass is 10.2. The summed E-state index contributed by atoms with van der Waals surface area (Å²) in [6, 6.07) is 10.0. The van der Waals surface area contributed by atoms with Crippen molar-refractivity contribution in [2.75, 3.05) is 13.2 Å². The number of aromatic nitrogens is 1. The van der Waals surface area contributed by atoms with E-state index in [4.69, 9.17) is 4.74 Å². The van der Waals surface area contributed by atoms with E-state index in [-0.39, 0.29) is 5.78 Å². The Morgan fingerprint density at radius 2 is 2.11 bits per heavy atom. The fraction of sp³-hybridized carbons (Fsp3) is 0.333. The quantitative estimate of drug-likeness (QED) is 0.727. The molecule has 0 unspecified atom stereocenters. The molecule has 0 saturated carbocycles. The van der Waals surface area contributed by atoms with Gasteiger partial charge in [-0.25, -0.2) is 4.98 Å². The number of rotatable bonds is 7. The van der Waals surface area contributed by atoms with Crippen molar-refractivity contribution in [1.82, 2.24) is 4.98 Å². The maximum atomic E-state index is 11.7. The molecular formula is C15H17NO2S. The third-order valence-corrected chi connectivity index (χ3v) is 3.55. The highest BCUT2D eigenvalue weighted by molar-refractivity contribution is 7.10. The second kappa shape index (κ2) is 7.16. The molecule has 0 spiro atoms.